The van der Waals surface area contributed by atoms with Crippen molar-refractivity contribution in [3.05, 3.63) is 47.7 Å². The van der Waals surface area contributed by atoms with Crippen LogP contribution in [0.5, 0.6) is 0 Å². The normalized spacial score (nSPS) is 24.5. The van der Waals surface area contributed by atoms with Crippen molar-refractivity contribution in [1.82, 2.24) is 9.88 Å². The number of benzene rings is 1. The van der Waals surface area contributed by atoms with Crippen LogP contribution < -0.4 is 0 Å². The van der Waals surface area contributed by atoms with Crippen LogP contribution in [0.1, 0.15) is 43.5 Å². The molecule has 3 heteroatoms. The van der Waals surface area contributed by atoms with Crippen LogP contribution in [0.2, 0.25) is 0 Å². The molecular weight excluding hydrogens is 272 g/mol. The highest BCUT2D eigenvalue weighted by molar-refractivity contribution is 5.86. The monoisotopic (exact) mass is 294 g/mol. The SMILES string of the molecule is C[C@@H]1c2[nH]c3ccccc3c2CCN1C(=O)[C@H]1CC=CCC1. The Balaban J connectivity index is 1.65. The first-order valence-corrected chi connectivity index (χ1v) is 8.30. The number of fused-ring (bicyclic) bond motifs is 3. The predicted molar refractivity (Wildman–Crippen MR) is 88.6 cm³/mol. The summed E-state index contributed by atoms with van der Waals surface area (Å²) in [7, 11) is 0. The van der Waals surface area contributed by atoms with E-state index in [1.54, 1.807) is 0 Å². The summed E-state index contributed by atoms with van der Waals surface area (Å²) in [4.78, 5) is 18.5. The molecule has 0 spiro atoms. The van der Waals surface area contributed by atoms with E-state index in [2.05, 4.69) is 53.2 Å². The molecule has 1 N–H and O–H groups in total. The highest BCUT2D eigenvalue weighted by Gasteiger charge is 2.33. The van der Waals surface area contributed by atoms with Crippen molar-refractivity contribution in [2.75, 3.05) is 6.54 Å². The van der Waals surface area contributed by atoms with Gasteiger partial charge in [-0.25, -0.2) is 0 Å². The summed E-state index contributed by atoms with van der Waals surface area (Å²) in [6, 6.07) is 8.60. The van der Waals surface area contributed by atoms with Gasteiger partial charge in [0, 0.05) is 29.1 Å². The standard InChI is InChI=1S/C19H22N2O/c1-13-18-16(15-9-5-6-10-17(15)20-18)11-12-21(13)19(22)14-7-3-2-4-8-14/h2-3,5-6,9-10,13-14,20H,4,7-8,11-12H2,1H3/t13-,14+/m1/s1. The zero-order chi connectivity index (χ0) is 15.1. The van der Waals surface area contributed by atoms with Gasteiger partial charge in [0.1, 0.15) is 0 Å². The van der Waals surface area contributed by atoms with Gasteiger partial charge in [0.25, 0.3) is 0 Å². The minimum absolute atomic E-state index is 0.148. The molecule has 4 rings (SSSR count). The maximum atomic E-state index is 12.9. The van der Waals surface area contributed by atoms with Crippen LogP contribution in [0.25, 0.3) is 10.9 Å². The number of aromatic amines is 1. The number of carbonyl (C=O) groups excluding carboxylic acids is 1. The van der Waals surface area contributed by atoms with Crippen molar-refractivity contribution in [3.63, 3.8) is 0 Å². The van der Waals surface area contributed by atoms with Crippen LogP contribution >= 0.6 is 0 Å². The number of nitrogens with zero attached hydrogens (tertiary/aromatic N) is 1. The molecule has 114 valence electrons. The number of carbonyl (C=O) groups is 1. The fourth-order valence-corrected chi connectivity index (χ4v) is 3.98. The quantitative estimate of drug-likeness (QED) is 0.794. The number of allylic oxidation sites excluding steroid dienone is 2. The van der Waals surface area contributed by atoms with Gasteiger partial charge in [0.05, 0.1) is 6.04 Å². The van der Waals surface area contributed by atoms with Crippen molar-refractivity contribution < 1.29 is 4.79 Å². The van der Waals surface area contributed by atoms with Crippen molar-refractivity contribution in [2.24, 2.45) is 5.92 Å². The second-order valence-corrected chi connectivity index (χ2v) is 6.50. The van der Waals surface area contributed by atoms with Crippen molar-refractivity contribution in [3.8, 4) is 0 Å². The molecule has 0 unspecified atom stereocenters. The minimum Gasteiger partial charge on any atom is -0.356 e. The van der Waals surface area contributed by atoms with Gasteiger partial charge in [0.15, 0.2) is 0 Å². The van der Waals surface area contributed by atoms with Crippen molar-refractivity contribution in [2.45, 2.75) is 38.6 Å². The lowest BCUT2D eigenvalue weighted by molar-refractivity contribution is -0.138. The Morgan fingerprint density at radius 1 is 1.27 bits per heavy atom. The molecule has 1 aliphatic heterocycles. The predicted octanol–water partition coefficient (Wildman–Crippen LogP) is 3.97. The molecule has 0 bridgehead atoms. The summed E-state index contributed by atoms with van der Waals surface area (Å²) in [5, 5.41) is 1.32. The number of para-hydroxylation sites is 1. The van der Waals surface area contributed by atoms with Crippen LogP contribution in [-0.2, 0) is 11.2 Å². The highest BCUT2D eigenvalue weighted by atomic mass is 16.2. The van der Waals surface area contributed by atoms with Crippen LogP contribution in [0.4, 0.5) is 0 Å². The highest BCUT2D eigenvalue weighted by Crippen LogP contribution is 2.35. The average molecular weight is 294 g/mol. The topological polar surface area (TPSA) is 36.1 Å². The van der Waals surface area contributed by atoms with Gasteiger partial charge < -0.3 is 9.88 Å². The lowest BCUT2D eigenvalue weighted by Gasteiger charge is -2.36. The van der Waals surface area contributed by atoms with Gasteiger partial charge in [-0.3, -0.25) is 4.79 Å². The second kappa shape index (κ2) is 5.31. The molecule has 0 fully saturated rings. The molecule has 2 aliphatic rings. The molecular formula is C19H22N2O. The van der Waals surface area contributed by atoms with Gasteiger partial charge in [-0.1, -0.05) is 30.4 Å². The van der Waals surface area contributed by atoms with Gasteiger partial charge in [0.2, 0.25) is 5.91 Å². The van der Waals surface area contributed by atoms with E-state index < -0.39 is 0 Å². The number of nitrogens with one attached hydrogen (secondary N) is 1. The first-order valence-electron chi connectivity index (χ1n) is 8.30. The van der Waals surface area contributed by atoms with Crippen molar-refractivity contribution >= 4 is 16.8 Å². The third kappa shape index (κ3) is 2.07. The Morgan fingerprint density at radius 3 is 2.95 bits per heavy atom. The smallest absolute Gasteiger partial charge is 0.226 e. The van der Waals surface area contributed by atoms with Crippen LogP contribution in [-0.4, -0.2) is 22.3 Å². The Labute approximate surface area is 131 Å². The fourth-order valence-electron chi connectivity index (χ4n) is 3.98. The van der Waals surface area contributed by atoms with Gasteiger partial charge in [-0.05, 0) is 44.2 Å². The maximum Gasteiger partial charge on any atom is 0.226 e. The molecule has 1 aromatic heterocycles. The average Bonchev–Trinajstić information content (AvgIpc) is 2.95. The first-order chi connectivity index (χ1) is 10.8. The fraction of sp³-hybridized carbons (Fsp3) is 0.421. The summed E-state index contributed by atoms with van der Waals surface area (Å²) in [5.41, 5.74) is 3.82. The van der Waals surface area contributed by atoms with E-state index >= 15 is 0 Å². The number of hydrogen-bond acceptors (Lipinski definition) is 1. The number of aromatic nitrogens is 1. The second-order valence-electron chi connectivity index (χ2n) is 6.50. The van der Waals surface area contributed by atoms with E-state index in [1.165, 1.54) is 22.2 Å². The van der Waals surface area contributed by atoms with Gasteiger partial charge in [-0.2, -0.15) is 0 Å². The van der Waals surface area contributed by atoms with E-state index in [4.69, 9.17) is 0 Å². The minimum atomic E-state index is 0.148. The zero-order valence-electron chi connectivity index (χ0n) is 13.0. The van der Waals surface area contributed by atoms with Crippen LogP contribution in [0.3, 0.4) is 0 Å². The molecule has 0 saturated carbocycles. The van der Waals surface area contributed by atoms with E-state index in [-0.39, 0.29) is 12.0 Å². The van der Waals surface area contributed by atoms with Crippen molar-refractivity contribution in [1.29, 1.82) is 0 Å². The van der Waals surface area contributed by atoms with Gasteiger partial charge >= 0.3 is 0 Å². The Morgan fingerprint density at radius 2 is 2.14 bits per heavy atom. The summed E-state index contributed by atoms with van der Waals surface area (Å²) >= 11 is 0. The molecule has 2 aromatic rings. The Kier molecular flexibility index (Phi) is 3.29. The molecule has 1 amide bonds. The lowest BCUT2D eigenvalue weighted by atomic mass is 9.90. The summed E-state index contributed by atoms with van der Waals surface area (Å²) in [6.07, 6.45) is 8.25. The van der Waals surface area contributed by atoms with E-state index in [1.807, 2.05) is 0 Å². The number of rotatable bonds is 1. The largest absolute Gasteiger partial charge is 0.356 e. The summed E-state index contributed by atoms with van der Waals surface area (Å²) in [5.74, 6) is 0.513. The van der Waals surface area contributed by atoms with E-state index in [0.29, 0.717) is 5.91 Å². The molecule has 1 aromatic carbocycles. The zero-order valence-corrected chi connectivity index (χ0v) is 13.0. The molecule has 2 heterocycles. The molecule has 2 atom stereocenters. The molecule has 0 saturated heterocycles. The molecule has 3 nitrogen and oxygen atoms in total. The molecule has 1 aliphatic carbocycles. The third-order valence-electron chi connectivity index (χ3n) is 5.24. The molecule has 22 heavy (non-hydrogen) atoms. The Bertz CT molecular complexity index is 743. The number of hydrogen-bond donors (Lipinski definition) is 1. The summed E-state index contributed by atoms with van der Waals surface area (Å²) < 4.78 is 0. The van der Waals surface area contributed by atoms with Crippen LogP contribution in [0.15, 0.2) is 36.4 Å². The van der Waals surface area contributed by atoms with Gasteiger partial charge in [-0.15, -0.1) is 0 Å². The van der Waals surface area contributed by atoms with Crippen LogP contribution in [0, 0.1) is 5.92 Å². The first kappa shape index (κ1) is 13.6. The maximum absolute atomic E-state index is 12.9. The summed E-state index contributed by atoms with van der Waals surface area (Å²) in [6.45, 7) is 3.00. The number of H-pyrrole nitrogens is 1. The molecule has 0 radical (unpaired) electrons. The Hall–Kier alpha value is -2.03. The van der Waals surface area contributed by atoms with E-state index in [9.17, 15) is 4.79 Å². The number of amides is 1. The van der Waals surface area contributed by atoms with E-state index in [0.717, 1.165) is 32.2 Å². The lowest BCUT2D eigenvalue weighted by Crippen LogP contribution is -2.42. The third-order valence-corrected chi connectivity index (χ3v) is 5.24.